The summed E-state index contributed by atoms with van der Waals surface area (Å²) >= 11 is 0. The number of rotatable bonds is 18. The van der Waals surface area contributed by atoms with Gasteiger partial charge in [-0.05, 0) is 85.4 Å². The predicted molar refractivity (Wildman–Crippen MR) is 179 cm³/mol. The molecule has 1 saturated carbocycles. The molecule has 1 aliphatic rings. The van der Waals surface area contributed by atoms with Crippen molar-refractivity contribution in [3.05, 3.63) is 0 Å². The van der Waals surface area contributed by atoms with Crippen LogP contribution in [0.3, 0.4) is 0 Å². The van der Waals surface area contributed by atoms with Crippen LogP contribution in [0.1, 0.15) is 109 Å². The van der Waals surface area contributed by atoms with E-state index in [1.165, 1.54) is 98.2 Å². The van der Waals surface area contributed by atoms with E-state index in [0.29, 0.717) is 0 Å². The Morgan fingerprint density at radius 3 is 0.667 bits per heavy atom. The van der Waals surface area contributed by atoms with Gasteiger partial charge in [-0.1, -0.05) is 95.9 Å². The Bertz CT molecular complexity index is 473. The molecule has 2 atom stereocenters. The summed E-state index contributed by atoms with van der Waals surface area (Å²) in [4.78, 5) is 0. The van der Waals surface area contributed by atoms with Crippen molar-refractivity contribution < 1.29 is 0 Å². The van der Waals surface area contributed by atoms with Crippen molar-refractivity contribution in [2.24, 2.45) is 0 Å². The first-order chi connectivity index (χ1) is 17.2. The monoisotopic (exact) mass is 570 g/mol. The van der Waals surface area contributed by atoms with Crippen LogP contribution in [0.15, 0.2) is 0 Å². The van der Waals surface area contributed by atoms with Crippen LogP contribution < -0.4 is 0 Å². The molecule has 0 aromatic rings. The molecule has 36 heavy (non-hydrogen) atoms. The van der Waals surface area contributed by atoms with Gasteiger partial charge in [-0.15, -0.1) is 0 Å². The summed E-state index contributed by atoms with van der Waals surface area (Å²) < 4.78 is 7.11. The maximum absolute atomic E-state index is 3.55. The minimum atomic E-state index is -1.50. The van der Waals surface area contributed by atoms with E-state index in [1.54, 1.807) is 0 Å². The molecule has 0 aromatic heterocycles. The third-order valence-corrected chi connectivity index (χ3v) is 39.2. The predicted octanol–water partition coefficient (Wildman–Crippen LogP) is 10.9. The van der Waals surface area contributed by atoms with Crippen molar-refractivity contribution in [2.75, 3.05) is 0 Å². The lowest BCUT2D eigenvalue weighted by atomic mass is 9.92. The lowest BCUT2D eigenvalue weighted by molar-refractivity contribution is 0.205. The van der Waals surface area contributed by atoms with Crippen LogP contribution in [-0.2, 0) is 0 Å². The van der Waals surface area contributed by atoms with Crippen molar-refractivity contribution >= 4 is 32.9 Å². The van der Waals surface area contributed by atoms with Crippen LogP contribution in [0, 0.1) is 0 Å². The van der Waals surface area contributed by atoms with Crippen molar-refractivity contribution in [1.29, 1.82) is 0 Å². The molecule has 216 valence electrons. The summed E-state index contributed by atoms with van der Waals surface area (Å²) in [5.74, 6) is 0. The van der Waals surface area contributed by atoms with Crippen LogP contribution in [0.4, 0.5) is 0 Å². The molecule has 0 amide bonds. The molecule has 1 fully saturated rings. The Balaban J connectivity index is 4.03. The molecule has 0 aromatic carbocycles. The van der Waals surface area contributed by atoms with E-state index in [-0.39, 0.29) is 0 Å². The molecule has 0 N–H and O–H groups in total. The molecule has 0 saturated heterocycles. The van der Waals surface area contributed by atoms with E-state index in [0.717, 1.165) is 12.1 Å². The van der Waals surface area contributed by atoms with E-state index >= 15 is 0 Å². The lowest BCUT2D eigenvalue weighted by Gasteiger charge is -2.64. The van der Waals surface area contributed by atoms with Crippen LogP contribution in [0.25, 0.3) is 0 Å². The average molecular weight is 571 g/mol. The molecule has 0 heterocycles. The average Bonchev–Trinajstić information content (AvgIpc) is 2.95. The summed E-state index contributed by atoms with van der Waals surface area (Å²) in [6.45, 7) is 31.1. The third kappa shape index (κ3) is 6.24. The Labute approximate surface area is 234 Å². The number of hydrogen-bond donors (Lipinski definition) is 0. The van der Waals surface area contributed by atoms with Gasteiger partial charge in [-0.2, -0.15) is 0 Å². The zero-order chi connectivity index (χ0) is 27.6. The zero-order valence-electron chi connectivity index (χ0n) is 27.4. The molecule has 0 radical (unpaired) electrons. The Morgan fingerprint density at radius 2 is 0.528 bits per heavy atom. The van der Waals surface area contributed by atoms with Crippen LogP contribution in [0.2, 0.25) is 72.5 Å². The van der Waals surface area contributed by atoms with Crippen molar-refractivity contribution in [2.45, 2.75) is 193 Å². The highest BCUT2D eigenvalue weighted by molar-refractivity contribution is 6.94. The van der Waals surface area contributed by atoms with Gasteiger partial charge in [0.1, 0.15) is 32.9 Å². The summed E-state index contributed by atoms with van der Waals surface area (Å²) in [6.07, 6.45) is 5.95. The topological polar surface area (TPSA) is 6.48 Å². The Kier molecular flexibility index (Phi) is 15.0. The molecule has 0 bridgehead atoms. The second kappa shape index (κ2) is 15.5. The fourth-order valence-electron chi connectivity index (χ4n) is 9.15. The fourth-order valence-corrected chi connectivity index (χ4v) is 37.0. The largest absolute Gasteiger partial charge is 0.341 e. The summed E-state index contributed by atoms with van der Waals surface area (Å²) in [7, 11) is -6.00. The molecule has 0 aliphatic heterocycles. The number of hydrogen-bond acceptors (Lipinski definition) is 2. The third-order valence-electron chi connectivity index (χ3n) is 12.3. The smallest absolute Gasteiger partial charge is 0.121 e. The highest BCUT2D eigenvalue weighted by atomic mass is 28.4. The SMILES string of the molecule is CC[Si](CC)(CC)N(C1CCCCC1N([Si](CC)(CC)CC)[Si](CC)(CC)CC)[Si](CC)(CC)CC. The van der Waals surface area contributed by atoms with Gasteiger partial charge in [0.2, 0.25) is 0 Å². The quantitative estimate of drug-likeness (QED) is 0.151. The first-order valence-corrected chi connectivity index (χ1v) is 27.1. The van der Waals surface area contributed by atoms with E-state index in [9.17, 15) is 0 Å². The van der Waals surface area contributed by atoms with Gasteiger partial charge < -0.3 is 8.46 Å². The standard InChI is InChI=1S/C30H70N2Si4/c1-13-33(14-2,15-3)31(34(16-4,17-5)18-6)29-27-25-26-28-30(29)32(35(19-7,20-8)21-9)36(22-10,23-11)24-12/h29-30H,13-28H2,1-12H3. The summed E-state index contributed by atoms with van der Waals surface area (Å²) in [5, 5.41) is 0. The van der Waals surface area contributed by atoms with Gasteiger partial charge >= 0.3 is 0 Å². The molecule has 2 nitrogen and oxygen atoms in total. The van der Waals surface area contributed by atoms with Crippen molar-refractivity contribution in [1.82, 2.24) is 8.46 Å². The molecule has 2 unspecified atom stereocenters. The van der Waals surface area contributed by atoms with Gasteiger partial charge in [-0.25, -0.2) is 0 Å². The normalized spacial score (nSPS) is 20.5. The van der Waals surface area contributed by atoms with Gasteiger partial charge in [0.15, 0.2) is 0 Å². The summed E-state index contributed by atoms with van der Waals surface area (Å²) in [5.41, 5.74) is 0. The maximum Gasteiger partial charge on any atom is 0.121 e. The van der Waals surface area contributed by atoms with E-state index < -0.39 is 32.9 Å². The van der Waals surface area contributed by atoms with E-state index in [4.69, 9.17) is 0 Å². The zero-order valence-corrected chi connectivity index (χ0v) is 31.4. The highest BCUT2D eigenvalue weighted by Gasteiger charge is 2.56. The van der Waals surface area contributed by atoms with E-state index in [2.05, 4.69) is 91.5 Å². The molecular weight excluding hydrogens is 501 g/mol. The minimum Gasteiger partial charge on any atom is -0.341 e. The maximum atomic E-state index is 3.55. The van der Waals surface area contributed by atoms with Gasteiger partial charge in [-0.3, -0.25) is 0 Å². The molecular formula is C30H70N2Si4. The summed E-state index contributed by atoms with van der Waals surface area (Å²) in [6, 6.07) is 19.3. The molecule has 0 spiro atoms. The number of nitrogens with zero attached hydrogens (tertiary/aromatic N) is 2. The second-order valence-corrected chi connectivity index (χ2v) is 33.4. The van der Waals surface area contributed by atoms with E-state index in [1.807, 2.05) is 0 Å². The molecule has 6 heteroatoms. The lowest BCUT2D eigenvalue weighted by Crippen LogP contribution is -2.77. The van der Waals surface area contributed by atoms with Crippen molar-refractivity contribution in [3.63, 3.8) is 0 Å². The van der Waals surface area contributed by atoms with Gasteiger partial charge in [0.05, 0.1) is 0 Å². The van der Waals surface area contributed by atoms with Gasteiger partial charge in [0, 0.05) is 12.1 Å². The Morgan fingerprint density at radius 1 is 0.361 bits per heavy atom. The second-order valence-electron chi connectivity index (χ2n) is 12.3. The first kappa shape index (κ1) is 34.8. The minimum absolute atomic E-state index is 0.852. The van der Waals surface area contributed by atoms with Crippen LogP contribution in [-0.4, -0.2) is 53.5 Å². The van der Waals surface area contributed by atoms with Crippen LogP contribution >= 0.6 is 0 Å². The first-order valence-electron chi connectivity index (χ1n) is 16.8. The Hall–Kier alpha value is 0.788. The highest BCUT2D eigenvalue weighted by Crippen LogP contribution is 2.46. The molecule has 1 aliphatic carbocycles. The van der Waals surface area contributed by atoms with Crippen molar-refractivity contribution in [3.8, 4) is 0 Å². The van der Waals surface area contributed by atoms with Gasteiger partial charge in [0.25, 0.3) is 0 Å². The molecule has 1 rings (SSSR count). The van der Waals surface area contributed by atoms with Crippen LogP contribution in [0.5, 0.6) is 0 Å². The fraction of sp³-hybridized carbons (Fsp3) is 1.00.